The highest BCUT2D eigenvalue weighted by Gasteiger charge is 2.42. The lowest BCUT2D eigenvalue weighted by atomic mass is 10.0. The number of urea groups is 1. The van der Waals surface area contributed by atoms with E-state index in [0.29, 0.717) is 19.4 Å². The predicted octanol–water partition coefficient (Wildman–Crippen LogP) is -0.340. The minimum Gasteiger partial charge on any atom is -0.298 e. The number of ketones is 1. The standard InChI is InChI=1S/C12H18N4O4/c1-8(17)10-4-3-6-15-11(19)5-7-14(13-9(2)18)12(20)16(10)15/h10H,3-7H2,1-2H3,(H,13,18)/t10-/m0/s1. The maximum Gasteiger partial charge on any atom is 0.358 e. The Balaban J connectivity index is 2.31. The molecule has 0 bridgehead atoms. The molecular weight excluding hydrogens is 264 g/mol. The first-order valence-electron chi connectivity index (χ1n) is 6.60. The highest BCUT2D eigenvalue weighted by atomic mass is 16.2. The third-order valence-electron chi connectivity index (χ3n) is 3.43. The molecule has 0 unspecified atom stereocenters. The van der Waals surface area contributed by atoms with Gasteiger partial charge < -0.3 is 0 Å². The quantitative estimate of drug-likeness (QED) is 0.750. The number of carbonyl (C=O) groups excluding carboxylic acids is 4. The smallest absolute Gasteiger partial charge is 0.298 e. The van der Waals surface area contributed by atoms with Crippen LogP contribution >= 0.6 is 0 Å². The Labute approximate surface area is 116 Å². The Hall–Kier alpha value is -2.12. The van der Waals surface area contributed by atoms with E-state index in [0.717, 1.165) is 5.01 Å². The highest BCUT2D eigenvalue weighted by molar-refractivity contribution is 5.91. The van der Waals surface area contributed by atoms with E-state index >= 15 is 0 Å². The Bertz CT molecular complexity index is 464. The van der Waals surface area contributed by atoms with Gasteiger partial charge in [-0.25, -0.2) is 19.8 Å². The summed E-state index contributed by atoms with van der Waals surface area (Å²) in [5.41, 5.74) is 2.40. The fraction of sp³-hybridized carbons (Fsp3) is 0.667. The van der Waals surface area contributed by atoms with Crippen molar-refractivity contribution in [2.24, 2.45) is 0 Å². The number of nitrogens with zero attached hydrogens (tertiary/aromatic N) is 3. The third-order valence-corrected chi connectivity index (χ3v) is 3.43. The molecule has 2 rings (SSSR count). The number of hydrogen-bond donors (Lipinski definition) is 1. The molecule has 4 amide bonds. The molecule has 0 aliphatic carbocycles. The summed E-state index contributed by atoms with van der Waals surface area (Å²) in [5, 5.41) is 3.62. The molecule has 2 saturated heterocycles. The van der Waals surface area contributed by atoms with E-state index in [1.165, 1.54) is 23.9 Å². The molecule has 8 nitrogen and oxygen atoms in total. The van der Waals surface area contributed by atoms with E-state index in [9.17, 15) is 19.2 Å². The molecule has 20 heavy (non-hydrogen) atoms. The molecule has 0 saturated carbocycles. The van der Waals surface area contributed by atoms with Gasteiger partial charge in [0.1, 0.15) is 6.04 Å². The van der Waals surface area contributed by atoms with Crippen molar-refractivity contribution in [3.8, 4) is 0 Å². The molecule has 0 radical (unpaired) electrons. The number of amides is 4. The zero-order valence-corrected chi connectivity index (χ0v) is 11.6. The maximum absolute atomic E-state index is 12.5. The molecule has 1 N–H and O–H groups in total. The van der Waals surface area contributed by atoms with E-state index < -0.39 is 18.0 Å². The van der Waals surface area contributed by atoms with Crippen molar-refractivity contribution in [3.63, 3.8) is 0 Å². The second-order valence-electron chi connectivity index (χ2n) is 4.98. The van der Waals surface area contributed by atoms with Crippen LogP contribution in [0.25, 0.3) is 0 Å². The number of fused-ring (bicyclic) bond motifs is 1. The van der Waals surface area contributed by atoms with E-state index in [2.05, 4.69) is 5.43 Å². The van der Waals surface area contributed by atoms with Gasteiger partial charge in [-0.05, 0) is 19.8 Å². The van der Waals surface area contributed by atoms with Gasteiger partial charge in [0, 0.05) is 19.9 Å². The fourth-order valence-electron chi connectivity index (χ4n) is 2.54. The summed E-state index contributed by atoms with van der Waals surface area (Å²) in [4.78, 5) is 47.4. The fourth-order valence-corrected chi connectivity index (χ4v) is 2.54. The Kier molecular flexibility index (Phi) is 3.91. The van der Waals surface area contributed by atoms with Crippen molar-refractivity contribution in [1.82, 2.24) is 20.5 Å². The van der Waals surface area contributed by atoms with Crippen LogP contribution in [0.15, 0.2) is 0 Å². The van der Waals surface area contributed by atoms with Crippen LogP contribution in [-0.4, -0.2) is 57.8 Å². The van der Waals surface area contributed by atoms with Crippen molar-refractivity contribution in [1.29, 1.82) is 0 Å². The molecule has 8 heteroatoms. The lowest BCUT2D eigenvalue weighted by molar-refractivity contribution is -0.153. The lowest BCUT2D eigenvalue weighted by Gasteiger charge is -2.42. The minimum atomic E-state index is -0.644. The Morgan fingerprint density at radius 1 is 1.20 bits per heavy atom. The zero-order chi connectivity index (χ0) is 14.9. The van der Waals surface area contributed by atoms with Crippen molar-refractivity contribution in [2.75, 3.05) is 13.1 Å². The van der Waals surface area contributed by atoms with Crippen LogP contribution in [0.5, 0.6) is 0 Å². The van der Waals surface area contributed by atoms with E-state index in [-0.39, 0.29) is 24.7 Å². The number of Topliss-reactive ketones (excluding diaryl/α,β-unsaturated/α-hetero) is 1. The number of rotatable bonds is 2. The zero-order valence-electron chi connectivity index (χ0n) is 11.6. The predicted molar refractivity (Wildman–Crippen MR) is 67.8 cm³/mol. The second-order valence-corrected chi connectivity index (χ2v) is 4.98. The van der Waals surface area contributed by atoms with E-state index in [1.807, 2.05) is 0 Å². The second kappa shape index (κ2) is 5.48. The van der Waals surface area contributed by atoms with Crippen LogP contribution in [0.1, 0.15) is 33.1 Å². The summed E-state index contributed by atoms with van der Waals surface area (Å²) in [6, 6.07) is -1.18. The van der Waals surface area contributed by atoms with Crippen molar-refractivity contribution in [3.05, 3.63) is 0 Å². The van der Waals surface area contributed by atoms with Crippen molar-refractivity contribution in [2.45, 2.75) is 39.2 Å². The molecular formula is C12H18N4O4. The maximum atomic E-state index is 12.5. The molecule has 0 aromatic heterocycles. The molecule has 0 aromatic carbocycles. The van der Waals surface area contributed by atoms with Crippen LogP contribution in [0.2, 0.25) is 0 Å². The number of hydrogen-bond acceptors (Lipinski definition) is 4. The molecule has 110 valence electrons. The van der Waals surface area contributed by atoms with Crippen molar-refractivity contribution < 1.29 is 19.2 Å². The summed E-state index contributed by atoms with van der Waals surface area (Å²) in [5.74, 6) is -0.770. The van der Waals surface area contributed by atoms with Gasteiger partial charge in [-0.15, -0.1) is 0 Å². The van der Waals surface area contributed by atoms with Gasteiger partial charge in [0.25, 0.3) is 0 Å². The van der Waals surface area contributed by atoms with Gasteiger partial charge in [-0.1, -0.05) is 0 Å². The van der Waals surface area contributed by atoms with Gasteiger partial charge in [0.2, 0.25) is 11.8 Å². The highest BCUT2D eigenvalue weighted by Crippen LogP contribution is 2.23. The van der Waals surface area contributed by atoms with Gasteiger partial charge >= 0.3 is 6.03 Å². The summed E-state index contributed by atoms with van der Waals surface area (Å²) in [6.07, 6.45) is 1.33. The largest absolute Gasteiger partial charge is 0.358 e. The molecule has 0 aromatic rings. The summed E-state index contributed by atoms with van der Waals surface area (Å²) >= 11 is 0. The lowest BCUT2D eigenvalue weighted by Crippen LogP contribution is -2.62. The average molecular weight is 282 g/mol. The first-order valence-corrected chi connectivity index (χ1v) is 6.60. The van der Waals surface area contributed by atoms with E-state index in [1.54, 1.807) is 0 Å². The molecule has 2 fully saturated rings. The van der Waals surface area contributed by atoms with Gasteiger partial charge in [0.15, 0.2) is 5.78 Å². The molecule has 2 aliphatic heterocycles. The topological polar surface area (TPSA) is 90.0 Å². The van der Waals surface area contributed by atoms with Crippen LogP contribution in [0.3, 0.4) is 0 Å². The van der Waals surface area contributed by atoms with Crippen LogP contribution in [0, 0.1) is 0 Å². The minimum absolute atomic E-state index is 0.106. The van der Waals surface area contributed by atoms with Gasteiger partial charge in [-0.3, -0.25) is 19.8 Å². The van der Waals surface area contributed by atoms with Gasteiger partial charge in [0.05, 0.1) is 6.54 Å². The monoisotopic (exact) mass is 282 g/mol. The molecule has 1 atom stereocenters. The summed E-state index contributed by atoms with van der Waals surface area (Å²) < 4.78 is 0. The first kappa shape index (κ1) is 14.3. The Morgan fingerprint density at radius 2 is 1.90 bits per heavy atom. The SMILES string of the molecule is CC(=O)NN1CCC(=O)N2CCC[C@@H](C(C)=O)N2C1=O. The molecule has 2 aliphatic rings. The van der Waals surface area contributed by atoms with Crippen LogP contribution in [-0.2, 0) is 14.4 Å². The summed E-state index contributed by atoms with van der Waals surface area (Å²) in [7, 11) is 0. The van der Waals surface area contributed by atoms with Gasteiger partial charge in [-0.2, -0.15) is 0 Å². The molecule has 0 spiro atoms. The van der Waals surface area contributed by atoms with Crippen LogP contribution < -0.4 is 5.43 Å². The third kappa shape index (κ3) is 2.59. The number of hydrazine groups is 2. The number of carbonyl (C=O) groups is 4. The average Bonchev–Trinajstić information content (AvgIpc) is 2.50. The van der Waals surface area contributed by atoms with Crippen LogP contribution in [0.4, 0.5) is 4.79 Å². The Morgan fingerprint density at radius 3 is 2.50 bits per heavy atom. The molecule has 2 heterocycles. The number of nitrogens with one attached hydrogen (secondary N) is 1. The summed E-state index contributed by atoms with van der Waals surface area (Å²) in [6.45, 7) is 3.22. The normalized spacial score (nSPS) is 23.3. The van der Waals surface area contributed by atoms with E-state index in [4.69, 9.17) is 0 Å². The van der Waals surface area contributed by atoms with Crippen molar-refractivity contribution >= 4 is 23.6 Å². The first-order chi connectivity index (χ1) is 9.41.